The van der Waals surface area contributed by atoms with Crippen molar-refractivity contribution in [2.75, 3.05) is 7.11 Å². The lowest BCUT2D eigenvalue weighted by atomic mass is 9.98. The fourth-order valence-corrected chi connectivity index (χ4v) is 2.35. The molecule has 0 radical (unpaired) electrons. The van der Waals surface area contributed by atoms with Crippen molar-refractivity contribution in [2.45, 2.75) is 44.6 Å². The van der Waals surface area contributed by atoms with Gasteiger partial charge in [-0.1, -0.05) is 31.2 Å². The van der Waals surface area contributed by atoms with E-state index in [4.69, 9.17) is 9.84 Å². The van der Waals surface area contributed by atoms with Gasteiger partial charge in [-0.25, -0.2) is 0 Å². The first-order valence-electron chi connectivity index (χ1n) is 6.90. The third-order valence-electron chi connectivity index (χ3n) is 4.10. The molecule has 0 aromatic heterocycles. The van der Waals surface area contributed by atoms with Crippen LogP contribution in [-0.2, 0) is 22.4 Å². The molecule has 3 heteroatoms. The summed E-state index contributed by atoms with van der Waals surface area (Å²) in [7, 11) is 1.80. The SMILES string of the molecule is COC1(CCc2ccc(CC(C)C(=O)O)cc2)CC1. The van der Waals surface area contributed by atoms with Crippen molar-refractivity contribution in [3.05, 3.63) is 35.4 Å². The van der Waals surface area contributed by atoms with Gasteiger partial charge in [0.2, 0.25) is 0 Å². The summed E-state index contributed by atoms with van der Waals surface area (Å²) < 4.78 is 5.51. The summed E-state index contributed by atoms with van der Waals surface area (Å²) in [5, 5.41) is 8.89. The van der Waals surface area contributed by atoms with Crippen molar-refractivity contribution in [3.63, 3.8) is 0 Å². The largest absolute Gasteiger partial charge is 0.481 e. The fourth-order valence-electron chi connectivity index (χ4n) is 2.35. The van der Waals surface area contributed by atoms with E-state index in [9.17, 15) is 4.79 Å². The van der Waals surface area contributed by atoms with Crippen molar-refractivity contribution >= 4 is 5.97 Å². The van der Waals surface area contributed by atoms with Crippen LogP contribution in [0, 0.1) is 5.92 Å². The molecule has 1 aliphatic carbocycles. The molecule has 1 aliphatic rings. The molecule has 0 bridgehead atoms. The summed E-state index contributed by atoms with van der Waals surface area (Å²) in [6.45, 7) is 1.74. The second kappa shape index (κ2) is 5.74. The van der Waals surface area contributed by atoms with Gasteiger partial charge < -0.3 is 9.84 Å². The first-order chi connectivity index (χ1) is 9.04. The van der Waals surface area contributed by atoms with E-state index in [-0.39, 0.29) is 11.5 Å². The van der Waals surface area contributed by atoms with Gasteiger partial charge in [0.15, 0.2) is 0 Å². The number of carboxylic acid groups (broad SMARTS) is 1. The Bertz CT molecular complexity index is 432. The van der Waals surface area contributed by atoms with E-state index in [0.29, 0.717) is 6.42 Å². The van der Waals surface area contributed by atoms with Crippen LogP contribution < -0.4 is 0 Å². The third-order valence-corrected chi connectivity index (χ3v) is 4.10. The number of carbonyl (C=O) groups is 1. The van der Waals surface area contributed by atoms with Crippen molar-refractivity contribution < 1.29 is 14.6 Å². The van der Waals surface area contributed by atoms with Crippen LogP contribution >= 0.6 is 0 Å². The summed E-state index contributed by atoms with van der Waals surface area (Å²) in [5.74, 6) is -1.06. The predicted octanol–water partition coefficient (Wildman–Crippen LogP) is 3.06. The topological polar surface area (TPSA) is 46.5 Å². The van der Waals surface area contributed by atoms with Gasteiger partial charge in [0.25, 0.3) is 0 Å². The Morgan fingerprint density at radius 2 is 1.89 bits per heavy atom. The molecule has 0 spiro atoms. The van der Waals surface area contributed by atoms with Crippen LogP contribution in [0.15, 0.2) is 24.3 Å². The summed E-state index contributed by atoms with van der Waals surface area (Å²) >= 11 is 0. The van der Waals surface area contributed by atoms with Gasteiger partial charge in [0, 0.05) is 7.11 Å². The van der Waals surface area contributed by atoms with Crippen LogP contribution in [-0.4, -0.2) is 23.8 Å². The monoisotopic (exact) mass is 262 g/mol. The lowest BCUT2D eigenvalue weighted by Crippen LogP contribution is -2.13. The zero-order valence-corrected chi connectivity index (χ0v) is 11.7. The first kappa shape index (κ1) is 14.1. The minimum atomic E-state index is -0.736. The van der Waals surface area contributed by atoms with Crippen LogP contribution in [0.3, 0.4) is 0 Å². The number of aryl methyl sites for hydroxylation is 1. The molecule has 0 saturated heterocycles. The fraction of sp³-hybridized carbons (Fsp3) is 0.562. The molecule has 2 rings (SSSR count). The molecule has 1 saturated carbocycles. The zero-order valence-electron chi connectivity index (χ0n) is 11.7. The molecular weight excluding hydrogens is 240 g/mol. The predicted molar refractivity (Wildman–Crippen MR) is 74.2 cm³/mol. The molecule has 104 valence electrons. The minimum absolute atomic E-state index is 0.149. The van der Waals surface area contributed by atoms with Crippen molar-refractivity contribution in [1.82, 2.24) is 0 Å². The highest BCUT2D eigenvalue weighted by Crippen LogP contribution is 2.42. The van der Waals surface area contributed by atoms with Gasteiger partial charge in [-0.05, 0) is 43.2 Å². The Morgan fingerprint density at radius 1 is 1.32 bits per heavy atom. The molecule has 0 amide bonds. The number of hydrogen-bond donors (Lipinski definition) is 1. The van der Waals surface area contributed by atoms with Crippen LogP contribution in [0.5, 0.6) is 0 Å². The van der Waals surface area contributed by atoms with E-state index in [1.165, 1.54) is 18.4 Å². The minimum Gasteiger partial charge on any atom is -0.481 e. The Hall–Kier alpha value is -1.35. The summed E-state index contributed by atoms with van der Waals surface area (Å²) in [5.41, 5.74) is 2.54. The van der Waals surface area contributed by atoms with Crippen molar-refractivity contribution in [2.24, 2.45) is 5.92 Å². The Kier molecular flexibility index (Phi) is 4.25. The zero-order chi connectivity index (χ0) is 13.9. The molecular formula is C16H22O3. The lowest BCUT2D eigenvalue weighted by molar-refractivity contribution is -0.141. The average Bonchev–Trinajstić information content (AvgIpc) is 3.18. The van der Waals surface area contributed by atoms with Gasteiger partial charge in [-0.3, -0.25) is 4.79 Å². The number of carboxylic acids is 1. The number of benzene rings is 1. The standard InChI is InChI=1S/C16H22O3/c1-12(15(17)18)11-14-5-3-13(4-6-14)7-8-16(19-2)9-10-16/h3-6,12H,7-11H2,1-2H3,(H,17,18). The van der Waals surface area contributed by atoms with Gasteiger partial charge in [0.1, 0.15) is 0 Å². The van der Waals surface area contributed by atoms with Crippen LogP contribution in [0.25, 0.3) is 0 Å². The highest BCUT2D eigenvalue weighted by molar-refractivity contribution is 5.69. The number of rotatable bonds is 7. The Morgan fingerprint density at radius 3 is 2.37 bits per heavy atom. The third kappa shape index (κ3) is 3.80. The van der Waals surface area contributed by atoms with Gasteiger partial charge in [-0.2, -0.15) is 0 Å². The van der Waals surface area contributed by atoms with E-state index in [2.05, 4.69) is 12.1 Å². The summed E-state index contributed by atoms with van der Waals surface area (Å²) in [4.78, 5) is 10.8. The van der Waals surface area contributed by atoms with Crippen molar-refractivity contribution in [3.8, 4) is 0 Å². The maximum Gasteiger partial charge on any atom is 0.306 e. The molecule has 1 aromatic carbocycles. The molecule has 1 N–H and O–H groups in total. The lowest BCUT2D eigenvalue weighted by Gasteiger charge is -2.13. The molecule has 19 heavy (non-hydrogen) atoms. The number of methoxy groups -OCH3 is 1. The van der Waals surface area contributed by atoms with Crippen LogP contribution in [0.2, 0.25) is 0 Å². The van der Waals surface area contributed by atoms with E-state index < -0.39 is 5.97 Å². The van der Waals surface area contributed by atoms with Crippen molar-refractivity contribution in [1.29, 1.82) is 0 Å². The molecule has 1 fully saturated rings. The molecule has 0 heterocycles. The van der Waals surface area contributed by atoms with Gasteiger partial charge >= 0.3 is 5.97 Å². The highest BCUT2D eigenvalue weighted by Gasteiger charge is 2.42. The maximum absolute atomic E-state index is 10.8. The maximum atomic E-state index is 10.8. The number of ether oxygens (including phenoxy) is 1. The van der Waals surface area contributed by atoms with E-state index in [1.807, 2.05) is 12.1 Å². The molecule has 0 aliphatic heterocycles. The van der Waals surface area contributed by atoms with E-state index >= 15 is 0 Å². The summed E-state index contributed by atoms with van der Waals surface area (Å²) in [6.07, 6.45) is 5.06. The van der Waals surface area contributed by atoms with Gasteiger partial charge in [-0.15, -0.1) is 0 Å². The highest BCUT2D eigenvalue weighted by atomic mass is 16.5. The molecule has 1 unspecified atom stereocenters. The Labute approximate surface area is 114 Å². The molecule has 1 atom stereocenters. The van der Waals surface area contributed by atoms with Crippen LogP contribution in [0.1, 0.15) is 37.3 Å². The number of aliphatic carboxylic acids is 1. The second-order valence-electron chi connectivity index (χ2n) is 5.65. The molecule has 1 aromatic rings. The quantitative estimate of drug-likeness (QED) is 0.821. The van der Waals surface area contributed by atoms with E-state index in [1.54, 1.807) is 14.0 Å². The smallest absolute Gasteiger partial charge is 0.306 e. The summed E-state index contributed by atoms with van der Waals surface area (Å²) in [6, 6.07) is 8.30. The number of hydrogen-bond acceptors (Lipinski definition) is 2. The first-order valence-corrected chi connectivity index (χ1v) is 6.90. The molecule has 3 nitrogen and oxygen atoms in total. The van der Waals surface area contributed by atoms with Crippen LogP contribution in [0.4, 0.5) is 0 Å². The second-order valence-corrected chi connectivity index (χ2v) is 5.65. The van der Waals surface area contributed by atoms with E-state index in [0.717, 1.165) is 18.4 Å². The average molecular weight is 262 g/mol. The van der Waals surface area contributed by atoms with Gasteiger partial charge in [0.05, 0.1) is 11.5 Å². The normalized spacial score (nSPS) is 18.0. The Balaban J connectivity index is 1.86.